The fraction of sp³-hybridized carbons (Fsp3) is 0.579. The molecule has 1 aliphatic rings. The second kappa shape index (κ2) is 8.09. The minimum Gasteiger partial charge on any atom is -0.460 e. The third-order valence-corrected chi connectivity index (χ3v) is 4.36. The standard InChI is InChI=1S/C19H26ClNO4/c1-12(21-18(23)25-19(2,3)4)17(22)24-16-7-5-6-15(16)13-8-10-14(20)11-9-13/h8-12,15-16H,5-7H2,1-4H3,(H,21,23)/t12?,15-,16-/m0/s1. The van der Waals surface area contributed by atoms with Gasteiger partial charge in [-0.25, -0.2) is 9.59 Å². The summed E-state index contributed by atoms with van der Waals surface area (Å²) < 4.78 is 10.8. The highest BCUT2D eigenvalue weighted by Gasteiger charge is 2.33. The number of benzene rings is 1. The van der Waals surface area contributed by atoms with Crippen molar-refractivity contribution >= 4 is 23.7 Å². The van der Waals surface area contributed by atoms with E-state index >= 15 is 0 Å². The van der Waals surface area contributed by atoms with Crippen LogP contribution in [-0.4, -0.2) is 29.8 Å². The van der Waals surface area contributed by atoms with E-state index in [1.165, 1.54) is 0 Å². The average Bonchev–Trinajstić information content (AvgIpc) is 2.94. The van der Waals surface area contributed by atoms with E-state index in [-0.39, 0.29) is 12.0 Å². The maximum Gasteiger partial charge on any atom is 0.408 e. The molecule has 1 aromatic carbocycles. The number of hydrogen-bond donors (Lipinski definition) is 1. The van der Waals surface area contributed by atoms with Crippen molar-refractivity contribution in [3.05, 3.63) is 34.9 Å². The van der Waals surface area contributed by atoms with Gasteiger partial charge in [-0.05, 0) is 64.7 Å². The quantitative estimate of drug-likeness (QED) is 0.799. The van der Waals surface area contributed by atoms with E-state index in [0.717, 1.165) is 24.8 Å². The van der Waals surface area contributed by atoms with Crippen LogP contribution in [0, 0.1) is 0 Å². The van der Waals surface area contributed by atoms with Crippen molar-refractivity contribution in [2.24, 2.45) is 0 Å². The van der Waals surface area contributed by atoms with Gasteiger partial charge in [-0.2, -0.15) is 0 Å². The van der Waals surface area contributed by atoms with Crippen molar-refractivity contribution in [3.63, 3.8) is 0 Å². The predicted octanol–water partition coefficient (Wildman–Crippen LogP) is 4.43. The summed E-state index contributed by atoms with van der Waals surface area (Å²) in [5.74, 6) is -0.285. The van der Waals surface area contributed by atoms with E-state index < -0.39 is 23.7 Å². The molecule has 0 bridgehead atoms. The monoisotopic (exact) mass is 367 g/mol. The van der Waals surface area contributed by atoms with Gasteiger partial charge in [-0.1, -0.05) is 23.7 Å². The Morgan fingerprint density at radius 3 is 2.44 bits per heavy atom. The SMILES string of the molecule is CC(NC(=O)OC(C)(C)C)C(=O)O[C@H]1CCC[C@H]1c1ccc(Cl)cc1. The lowest BCUT2D eigenvalue weighted by molar-refractivity contribution is -0.151. The first-order valence-electron chi connectivity index (χ1n) is 8.61. The first kappa shape index (κ1) is 19.6. The lowest BCUT2D eigenvalue weighted by Crippen LogP contribution is -2.43. The minimum absolute atomic E-state index is 0.162. The highest BCUT2D eigenvalue weighted by atomic mass is 35.5. The lowest BCUT2D eigenvalue weighted by atomic mass is 9.96. The van der Waals surface area contributed by atoms with Gasteiger partial charge >= 0.3 is 12.1 Å². The topological polar surface area (TPSA) is 64.6 Å². The third-order valence-electron chi connectivity index (χ3n) is 4.11. The summed E-state index contributed by atoms with van der Waals surface area (Å²) in [4.78, 5) is 24.1. The normalized spacial score (nSPS) is 21.5. The van der Waals surface area contributed by atoms with Crippen molar-refractivity contribution < 1.29 is 19.1 Å². The Hall–Kier alpha value is -1.75. The zero-order chi connectivity index (χ0) is 18.6. The van der Waals surface area contributed by atoms with Crippen LogP contribution in [0.1, 0.15) is 58.4 Å². The molecule has 3 atom stereocenters. The number of ether oxygens (including phenoxy) is 2. The van der Waals surface area contributed by atoms with Crippen molar-refractivity contribution in [2.45, 2.75) is 70.6 Å². The van der Waals surface area contributed by atoms with E-state index in [4.69, 9.17) is 21.1 Å². The van der Waals surface area contributed by atoms with E-state index in [1.54, 1.807) is 27.7 Å². The summed E-state index contributed by atoms with van der Waals surface area (Å²) in [6.07, 6.45) is 1.97. The fourth-order valence-electron chi connectivity index (χ4n) is 2.95. The molecular weight excluding hydrogens is 342 g/mol. The van der Waals surface area contributed by atoms with Gasteiger partial charge in [0.05, 0.1) is 0 Å². The van der Waals surface area contributed by atoms with Crippen LogP contribution in [0.25, 0.3) is 0 Å². The van der Waals surface area contributed by atoms with Gasteiger partial charge in [0.25, 0.3) is 0 Å². The molecule has 1 aromatic rings. The summed E-state index contributed by atoms with van der Waals surface area (Å²) >= 11 is 5.94. The summed E-state index contributed by atoms with van der Waals surface area (Å²) in [5, 5.41) is 3.20. The van der Waals surface area contributed by atoms with Crippen molar-refractivity contribution in [1.29, 1.82) is 0 Å². The summed E-state index contributed by atoms with van der Waals surface area (Å²) in [6, 6.07) is 6.88. The number of esters is 1. The Kier molecular flexibility index (Phi) is 6.33. The fourth-order valence-corrected chi connectivity index (χ4v) is 3.08. The van der Waals surface area contributed by atoms with Crippen LogP contribution < -0.4 is 5.32 Å². The zero-order valence-electron chi connectivity index (χ0n) is 15.2. The number of rotatable bonds is 4. The van der Waals surface area contributed by atoms with Crippen LogP contribution >= 0.6 is 11.6 Å². The van der Waals surface area contributed by atoms with Crippen LogP contribution in [-0.2, 0) is 14.3 Å². The third kappa shape index (κ3) is 5.92. The second-order valence-electron chi connectivity index (χ2n) is 7.43. The Labute approximate surface area is 154 Å². The molecule has 138 valence electrons. The van der Waals surface area contributed by atoms with Gasteiger partial charge in [0.15, 0.2) is 0 Å². The smallest absolute Gasteiger partial charge is 0.408 e. The van der Waals surface area contributed by atoms with Gasteiger partial charge in [-0.3, -0.25) is 0 Å². The molecule has 6 heteroatoms. The van der Waals surface area contributed by atoms with E-state index in [2.05, 4.69) is 5.32 Å². The first-order chi connectivity index (χ1) is 11.7. The van der Waals surface area contributed by atoms with Gasteiger partial charge in [-0.15, -0.1) is 0 Å². The molecule has 0 saturated heterocycles. The van der Waals surface area contributed by atoms with Crippen molar-refractivity contribution in [3.8, 4) is 0 Å². The summed E-state index contributed by atoms with van der Waals surface area (Å²) in [7, 11) is 0. The number of halogens is 1. The average molecular weight is 368 g/mol. The molecular formula is C19H26ClNO4. The van der Waals surface area contributed by atoms with Gasteiger partial charge < -0.3 is 14.8 Å². The second-order valence-corrected chi connectivity index (χ2v) is 7.87. The molecule has 0 spiro atoms. The van der Waals surface area contributed by atoms with Crippen molar-refractivity contribution in [1.82, 2.24) is 5.32 Å². The van der Waals surface area contributed by atoms with Gasteiger partial charge in [0, 0.05) is 10.9 Å². The van der Waals surface area contributed by atoms with Crippen LogP contribution in [0.15, 0.2) is 24.3 Å². The molecule has 1 fully saturated rings. The van der Waals surface area contributed by atoms with Crippen LogP contribution in [0.2, 0.25) is 5.02 Å². The van der Waals surface area contributed by atoms with Crippen LogP contribution in [0.5, 0.6) is 0 Å². The maximum atomic E-state index is 12.3. The molecule has 1 aliphatic carbocycles. The minimum atomic E-state index is -0.763. The molecule has 1 unspecified atom stereocenters. The Morgan fingerprint density at radius 2 is 1.84 bits per heavy atom. The molecule has 1 amide bonds. The van der Waals surface area contributed by atoms with E-state index in [9.17, 15) is 9.59 Å². The molecule has 2 rings (SSSR count). The highest BCUT2D eigenvalue weighted by molar-refractivity contribution is 6.30. The molecule has 0 heterocycles. The van der Waals surface area contributed by atoms with Gasteiger partial charge in [0.1, 0.15) is 17.7 Å². The van der Waals surface area contributed by atoms with Gasteiger partial charge in [0.2, 0.25) is 0 Å². The molecule has 0 radical (unpaired) electrons. The predicted molar refractivity (Wildman–Crippen MR) is 96.8 cm³/mol. The number of carbonyl (C=O) groups is 2. The number of carbonyl (C=O) groups excluding carboxylic acids is 2. The Balaban J connectivity index is 1.92. The van der Waals surface area contributed by atoms with Crippen molar-refractivity contribution in [2.75, 3.05) is 0 Å². The molecule has 0 aromatic heterocycles. The number of nitrogens with one attached hydrogen (secondary N) is 1. The number of alkyl carbamates (subject to hydrolysis) is 1. The van der Waals surface area contributed by atoms with E-state index in [1.807, 2.05) is 24.3 Å². The van der Waals surface area contributed by atoms with Crippen LogP contribution in [0.3, 0.4) is 0 Å². The lowest BCUT2D eigenvalue weighted by Gasteiger charge is -2.24. The first-order valence-corrected chi connectivity index (χ1v) is 8.99. The largest absolute Gasteiger partial charge is 0.460 e. The molecule has 0 aliphatic heterocycles. The Morgan fingerprint density at radius 1 is 1.20 bits per heavy atom. The van der Waals surface area contributed by atoms with E-state index in [0.29, 0.717) is 5.02 Å². The molecule has 1 N–H and O–H groups in total. The number of hydrogen-bond acceptors (Lipinski definition) is 4. The maximum absolute atomic E-state index is 12.3. The van der Waals surface area contributed by atoms with Crippen LogP contribution in [0.4, 0.5) is 4.79 Å². The molecule has 25 heavy (non-hydrogen) atoms. The zero-order valence-corrected chi connectivity index (χ0v) is 15.9. The number of amides is 1. The highest BCUT2D eigenvalue weighted by Crippen LogP contribution is 2.37. The molecule has 5 nitrogen and oxygen atoms in total. The summed E-state index contributed by atoms with van der Waals surface area (Å²) in [5.41, 5.74) is 0.506. The molecule has 1 saturated carbocycles. The Bertz CT molecular complexity index is 609. The summed E-state index contributed by atoms with van der Waals surface area (Å²) in [6.45, 7) is 6.90.